The van der Waals surface area contributed by atoms with Crippen molar-refractivity contribution >= 4 is 137 Å². The Hall–Kier alpha value is -11.0. The monoisotopic (exact) mass is 1790 g/mol. The molecule has 124 heavy (non-hydrogen) atoms. The van der Waals surface area contributed by atoms with Crippen LogP contribution in [0.3, 0.4) is 0 Å². The number of aliphatic hydroxyl groups excluding tert-OH is 3. The average molecular weight is 1790 g/mol. The number of hydrogen-bond donors (Lipinski definition) is 26. The van der Waals surface area contributed by atoms with Crippen molar-refractivity contribution in [3.8, 4) is 0 Å². The third-order valence-electron chi connectivity index (χ3n) is 19.6. The van der Waals surface area contributed by atoms with Gasteiger partial charge in [0.05, 0.1) is 31.4 Å². The molecule has 19 atom stereocenters. The molecule has 48 heteroatoms. The van der Waals surface area contributed by atoms with Gasteiger partial charge in [0.1, 0.15) is 90.6 Å². The third kappa shape index (κ3) is 40.1. The van der Waals surface area contributed by atoms with E-state index in [1.807, 2.05) is 0 Å². The van der Waals surface area contributed by atoms with Gasteiger partial charge in [-0.25, -0.2) is 4.79 Å². The van der Waals surface area contributed by atoms with Crippen molar-refractivity contribution in [2.24, 2.45) is 35.1 Å². The van der Waals surface area contributed by atoms with E-state index in [0.29, 0.717) is 12.8 Å². The molecule has 0 radical (unpaired) electrons. The summed E-state index contributed by atoms with van der Waals surface area (Å²) in [6.45, 7) is 16.2. The van der Waals surface area contributed by atoms with Gasteiger partial charge in [0.25, 0.3) is 0 Å². The summed E-state index contributed by atoms with van der Waals surface area (Å²) in [5, 5.41) is 115. The SMILES string of the molecule is CC[C@H](C)[C@H](NC(=O)[C@@H](NC(=O)[C@H](CCC(=O)O)NC(=O)[C@@H](NC(=O)[C@H](CC(C)C)NC(=O)CNC(=O)[C@H](CCCCN)NC(=O)[C@@H](NC(=O)CN)[C@@H](C)O)[C@@H](C)O)C(C)C)C(=O)N1CCC[C@H]1C(=O)N[C@@H](CC(C)C)C(=O)N[C@H](C(=O)N[C@@H](CCC(=O)O)C(=O)N[C@@H](CCC(=O)O)C(=O)N[C@@H](C)C(=O)N[C@@H](CCC(=O)O)C(=O)N[C@@H](CS)C(=O)O)[C@@H](C)O. The minimum Gasteiger partial charge on any atom is -0.481 e. The number of likely N-dealkylation sites (tertiary alicyclic amines) is 1. The van der Waals surface area contributed by atoms with Crippen molar-refractivity contribution in [2.45, 2.75) is 295 Å². The number of carbonyl (C=O) groups excluding carboxylic acids is 16. The van der Waals surface area contributed by atoms with Crippen LogP contribution in [0, 0.1) is 23.7 Å². The average Bonchev–Trinajstić information content (AvgIpc) is 1.60. The number of nitrogens with one attached hydrogen (secondary N) is 15. The molecular weight excluding hydrogens is 1660 g/mol. The molecule has 0 unspecified atom stereocenters. The Morgan fingerprint density at radius 2 is 0.742 bits per heavy atom. The van der Waals surface area contributed by atoms with E-state index in [-0.39, 0.29) is 57.5 Å². The number of nitrogens with zero attached hydrogens (tertiary/aromatic N) is 1. The summed E-state index contributed by atoms with van der Waals surface area (Å²) in [7, 11) is 0. The lowest BCUT2D eigenvalue weighted by Crippen LogP contribution is -2.63. The van der Waals surface area contributed by atoms with Gasteiger partial charge in [-0.3, -0.25) is 95.9 Å². The number of amides is 16. The second kappa shape index (κ2) is 56.0. The number of hydrogen-bond acceptors (Lipinski definition) is 27. The first-order valence-corrected chi connectivity index (χ1v) is 41.5. The van der Waals surface area contributed by atoms with E-state index in [2.05, 4.69) is 92.4 Å². The lowest BCUT2D eigenvalue weighted by molar-refractivity contribution is -0.144. The Morgan fingerprint density at radius 3 is 1.12 bits per heavy atom. The molecule has 1 saturated heterocycles. The number of carbonyl (C=O) groups is 21. The van der Waals surface area contributed by atoms with Crippen molar-refractivity contribution in [3.05, 3.63) is 0 Å². The zero-order valence-electron chi connectivity index (χ0n) is 71.8. The van der Waals surface area contributed by atoms with Gasteiger partial charge in [-0.1, -0.05) is 61.8 Å². The van der Waals surface area contributed by atoms with Gasteiger partial charge in [-0.15, -0.1) is 0 Å². The van der Waals surface area contributed by atoms with Crippen LogP contribution in [-0.2, 0) is 101 Å². The molecule has 0 bridgehead atoms. The fraction of sp³-hybridized carbons (Fsp3) is 0.724. The van der Waals surface area contributed by atoms with E-state index in [1.54, 1.807) is 41.5 Å². The van der Waals surface area contributed by atoms with Crippen molar-refractivity contribution in [1.29, 1.82) is 0 Å². The summed E-state index contributed by atoms with van der Waals surface area (Å²) in [4.78, 5) is 281. The number of aliphatic hydroxyl groups is 3. The highest BCUT2D eigenvalue weighted by Gasteiger charge is 2.44. The number of nitrogens with two attached hydrogens (primary N) is 2. The van der Waals surface area contributed by atoms with Crippen LogP contribution in [0.1, 0.15) is 186 Å². The van der Waals surface area contributed by atoms with Crippen LogP contribution < -0.4 is 91.2 Å². The van der Waals surface area contributed by atoms with E-state index in [4.69, 9.17) is 11.5 Å². The molecule has 47 nitrogen and oxygen atoms in total. The van der Waals surface area contributed by atoms with Crippen LogP contribution in [0.2, 0.25) is 0 Å². The first kappa shape index (κ1) is 111. The minimum atomic E-state index is -2.01. The molecule has 0 aliphatic carbocycles. The maximum absolute atomic E-state index is 14.9. The molecule has 1 rings (SSSR count). The second-order valence-electron chi connectivity index (χ2n) is 31.5. The predicted molar refractivity (Wildman–Crippen MR) is 440 cm³/mol. The number of carboxylic acids is 5. The molecule has 0 aromatic carbocycles. The highest BCUT2D eigenvalue weighted by atomic mass is 32.1. The van der Waals surface area contributed by atoms with Gasteiger partial charge in [-0.2, -0.15) is 12.6 Å². The molecule has 0 aromatic rings. The fourth-order valence-corrected chi connectivity index (χ4v) is 12.7. The second-order valence-corrected chi connectivity index (χ2v) is 31.9. The van der Waals surface area contributed by atoms with E-state index >= 15 is 0 Å². The largest absolute Gasteiger partial charge is 0.481 e. The highest BCUT2D eigenvalue weighted by Crippen LogP contribution is 2.24. The fourth-order valence-electron chi connectivity index (χ4n) is 12.5. The van der Waals surface area contributed by atoms with Crippen molar-refractivity contribution in [3.63, 3.8) is 0 Å². The van der Waals surface area contributed by atoms with Gasteiger partial charge in [-0.05, 0) is 129 Å². The standard InChI is InChI=1S/C76H128N18O29S/c1-13-37(8)58(91-71(117)57(36(6)7)90-67(113)46(22-26-56(106)107)86-74(120)60(40(11)96)92-68(114)47(29-34(2)3)81-52(99)32-79-63(109)42(17-14-15-27-77)84-72(118)59(39(10)95)89-51(98)31-78)75(121)94-28-16-18-50(94)70(116)87-48(30-35(4)5)69(115)93-61(41(12)97)73(119)85-45(21-25-55(104)105)65(111)83-43(19-23-53(100)101)64(110)80-38(9)62(108)82-44(20-24-54(102)103)66(112)88-49(33-124)76(122)123/h34-50,57-61,95-97,124H,13-33,77-78H2,1-12H3,(H,79,109)(H,80,110)(H,81,99)(H,82,108)(H,83,111)(H,84,118)(H,85,119)(H,86,120)(H,87,116)(H,88,112)(H,89,98)(H,90,113)(H,91,117)(H,92,114)(H,93,115)(H,100,101)(H,102,103)(H,104,105)(H,106,107)(H,122,123)/t37-,38-,39+,40+,41+,42-,43-,44-,45-,46-,47-,48-,49-,50-,57-,58-,59-,60-,61-/m0/s1. The Kier molecular flexibility index (Phi) is 50.1. The summed E-state index contributed by atoms with van der Waals surface area (Å²) in [6.07, 6.45) is -10.0. The molecule has 1 fully saturated rings. The Labute approximate surface area is 722 Å². The lowest BCUT2D eigenvalue weighted by atomic mass is 9.95. The number of unbranched alkanes of at least 4 members (excludes halogenated alkanes) is 1. The number of rotatable bonds is 59. The topological polar surface area (TPSA) is 756 Å². The summed E-state index contributed by atoms with van der Waals surface area (Å²) in [6, 6.07) is -24.7. The normalized spacial score (nSPS) is 16.8. The van der Waals surface area contributed by atoms with Gasteiger partial charge in [0, 0.05) is 38.0 Å². The van der Waals surface area contributed by atoms with Crippen molar-refractivity contribution in [1.82, 2.24) is 84.7 Å². The molecule has 702 valence electrons. The number of thiol groups is 1. The first-order valence-electron chi connectivity index (χ1n) is 40.8. The number of carboxylic acid groups (broad SMARTS) is 5. The molecular formula is C76H128N18O29S. The zero-order chi connectivity index (χ0) is 94.9. The molecule has 1 aliphatic heterocycles. The summed E-state index contributed by atoms with van der Waals surface area (Å²) in [5.41, 5.74) is 11.0. The summed E-state index contributed by atoms with van der Waals surface area (Å²) in [5.74, 6) is -27.1. The zero-order valence-corrected chi connectivity index (χ0v) is 72.6. The summed E-state index contributed by atoms with van der Waals surface area (Å²) < 4.78 is 0. The Morgan fingerprint density at radius 1 is 0.387 bits per heavy atom. The van der Waals surface area contributed by atoms with Crippen LogP contribution in [0.4, 0.5) is 0 Å². The molecule has 1 aliphatic rings. The molecule has 0 aromatic heterocycles. The first-order chi connectivity index (χ1) is 57.9. The predicted octanol–water partition coefficient (Wildman–Crippen LogP) is -7.60. The van der Waals surface area contributed by atoms with Crippen molar-refractivity contribution in [2.75, 3.05) is 31.9 Å². The smallest absolute Gasteiger partial charge is 0.327 e. The third-order valence-corrected chi connectivity index (χ3v) is 20.0. The van der Waals surface area contributed by atoms with Gasteiger partial charge in [0.2, 0.25) is 94.5 Å². The van der Waals surface area contributed by atoms with Crippen LogP contribution in [0.15, 0.2) is 0 Å². The molecule has 16 amide bonds. The van der Waals surface area contributed by atoms with Crippen LogP contribution in [-0.4, -0.2) is 311 Å². The maximum Gasteiger partial charge on any atom is 0.327 e. The summed E-state index contributed by atoms with van der Waals surface area (Å²) >= 11 is 3.85. The van der Waals surface area contributed by atoms with Crippen LogP contribution in [0.25, 0.3) is 0 Å². The molecule has 1 heterocycles. The van der Waals surface area contributed by atoms with Gasteiger partial charge in [0.15, 0.2) is 0 Å². The van der Waals surface area contributed by atoms with Crippen LogP contribution in [0.5, 0.6) is 0 Å². The molecule has 0 saturated carbocycles. The van der Waals surface area contributed by atoms with E-state index < -0.39 is 321 Å². The van der Waals surface area contributed by atoms with E-state index in [0.717, 1.165) is 25.7 Å². The number of aliphatic carboxylic acids is 5. The minimum absolute atomic E-state index is 0.00398. The van der Waals surface area contributed by atoms with Crippen molar-refractivity contribution < 1.29 is 142 Å². The highest BCUT2D eigenvalue weighted by molar-refractivity contribution is 7.80. The van der Waals surface area contributed by atoms with Gasteiger partial charge >= 0.3 is 29.8 Å². The van der Waals surface area contributed by atoms with Crippen LogP contribution >= 0.6 is 12.6 Å². The van der Waals surface area contributed by atoms with Gasteiger partial charge < -0.3 is 137 Å². The van der Waals surface area contributed by atoms with E-state index in [9.17, 15) is 142 Å². The molecule has 27 N–H and O–H groups in total. The Bertz CT molecular complexity index is 3700. The quantitative estimate of drug-likeness (QED) is 0.0199. The molecule has 0 spiro atoms. The lowest BCUT2D eigenvalue weighted by Gasteiger charge is -2.34. The van der Waals surface area contributed by atoms with E-state index in [1.165, 1.54) is 20.8 Å². The Balaban J connectivity index is 3.56. The maximum atomic E-state index is 14.9.